The molecule has 0 N–H and O–H groups in total. The Bertz CT molecular complexity index is 1080. The molecular weight excluding hydrogens is 428 g/mol. The predicted molar refractivity (Wildman–Crippen MR) is 113 cm³/mol. The Kier molecular flexibility index (Phi) is 5.47. The van der Waals surface area contributed by atoms with Crippen LogP contribution in [0.15, 0.2) is 72.8 Å². The maximum atomic E-state index is 12.8. The number of hydrogen-bond acceptors (Lipinski definition) is 8. The molecule has 6 unspecified atom stereocenters. The number of esters is 3. The fourth-order valence-electron chi connectivity index (χ4n) is 4.76. The molecule has 2 fully saturated rings. The van der Waals surface area contributed by atoms with Crippen LogP contribution in [0.25, 0.3) is 0 Å². The topological polar surface area (TPSA) is 97.4 Å². The average molecular weight is 450 g/mol. The first-order chi connectivity index (χ1) is 16.0. The quantitative estimate of drug-likeness (QED) is 0.390. The lowest BCUT2D eigenvalue weighted by Gasteiger charge is -2.41. The van der Waals surface area contributed by atoms with Gasteiger partial charge in [0, 0.05) is 5.92 Å². The first-order valence-corrected chi connectivity index (χ1v) is 10.6. The van der Waals surface area contributed by atoms with Crippen molar-refractivity contribution in [1.29, 1.82) is 0 Å². The number of benzene rings is 2. The minimum atomic E-state index is -1.22. The Labute approximate surface area is 190 Å². The van der Waals surface area contributed by atoms with E-state index in [4.69, 9.17) is 23.7 Å². The Morgan fingerprint density at radius 2 is 1.58 bits per heavy atom. The molecule has 6 atom stereocenters. The van der Waals surface area contributed by atoms with Crippen LogP contribution in [0.1, 0.15) is 20.7 Å². The zero-order chi connectivity index (χ0) is 23.0. The van der Waals surface area contributed by atoms with E-state index >= 15 is 0 Å². The van der Waals surface area contributed by atoms with Crippen LogP contribution in [0.4, 0.5) is 0 Å². The minimum Gasteiger partial charge on any atom is -0.469 e. The summed E-state index contributed by atoms with van der Waals surface area (Å²) in [6.07, 6.45) is 1.48. The number of carbonyl (C=O) groups excluding carboxylic acids is 3. The first kappa shape index (κ1) is 21.4. The standard InChI is InChI=1S/C25H22O8/c1-29-22(28)18-17-12-13-25(33-21(27)16-10-6-3-7-11-16)14-30-24(19(17)25)32-23(18)31-20(26)15-8-4-2-5-9-15/h2-13,17-19,23-24H,14H2,1H3. The highest BCUT2D eigenvalue weighted by Crippen LogP contribution is 2.53. The summed E-state index contributed by atoms with van der Waals surface area (Å²) >= 11 is 0. The van der Waals surface area contributed by atoms with Gasteiger partial charge >= 0.3 is 17.9 Å². The Balaban J connectivity index is 1.40. The second-order valence-corrected chi connectivity index (χ2v) is 8.18. The van der Waals surface area contributed by atoms with Gasteiger partial charge in [-0.1, -0.05) is 42.5 Å². The molecule has 2 aromatic carbocycles. The van der Waals surface area contributed by atoms with Gasteiger partial charge in [0.1, 0.15) is 5.92 Å². The molecule has 2 saturated heterocycles. The molecule has 1 aliphatic carbocycles. The summed E-state index contributed by atoms with van der Waals surface area (Å²) in [4.78, 5) is 38.2. The minimum absolute atomic E-state index is 0.0567. The summed E-state index contributed by atoms with van der Waals surface area (Å²) in [6.45, 7) is 0.0567. The Morgan fingerprint density at radius 1 is 0.939 bits per heavy atom. The summed E-state index contributed by atoms with van der Waals surface area (Å²) in [6, 6.07) is 17.0. The second kappa shape index (κ2) is 8.46. The lowest BCUT2D eigenvalue weighted by Crippen LogP contribution is -2.54. The van der Waals surface area contributed by atoms with Gasteiger partial charge in [-0.15, -0.1) is 0 Å². The monoisotopic (exact) mass is 450 g/mol. The van der Waals surface area contributed by atoms with Gasteiger partial charge in [-0.2, -0.15) is 0 Å². The first-order valence-electron chi connectivity index (χ1n) is 10.6. The maximum Gasteiger partial charge on any atom is 0.340 e. The van der Waals surface area contributed by atoms with Gasteiger partial charge in [-0.25, -0.2) is 9.59 Å². The molecule has 0 amide bonds. The molecule has 5 rings (SSSR count). The van der Waals surface area contributed by atoms with Crippen LogP contribution in [-0.4, -0.2) is 49.8 Å². The van der Waals surface area contributed by atoms with E-state index < -0.39 is 53.8 Å². The Morgan fingerprint density at radius 3 is 2.21 bits per heavy atom. The molecule has 0 spiro atoms. The van der Waals surface area contributed by atoms with Crippen molar-refractivity contribution in [1.82, 2.24) is 0 Å². The third-order valence-electron chi connectivity index (χ3n) is 6.32. The fraction of sp³-hybridized carbons (Fsp3) is 0.320. The normalized spacial score (nSPS) is 31.5. The molecule has 2 aliphatic heterocycles. The average Bonchev–Trinajstić information content (AvgIpc) is 3.39. The van der Waals surface area contributed by atoms with E-state index in [1.54, 1.807) is 66.7 Å². The van der Waals surface area contributed by atoms with Crippen LogP contribution < -0.4 is 0 Å². The van der Waals surface area contributed by atoms with Crippen molar-refractivity contribution in [2.45, 2.75) is 18.2 Å². The summed E-state index contributed by atoms with van der Waals surface area (Å²) in [5.74, 6) is -3.63. The van der Waals surface area contributed by atoms with Gasteiger partial charge in [0.2, 0.25) is 6.29 Å². The molecule has 0 saturated carbocycles. The van der Waals surface area contributed by atoms with E-state index in [9.17, 15) is 14.4 Å². The van der Waals surface area contributed by atoms with Crippen LogP contribution in [-0.2, 0) is 28.5 Å². The van der Waals surface area contributed by atoms with Crippen LogP contribution >= 0.6 is 0 Å². The lowest BCUT2D eigenvalue weighted by molar-refractivity contribution is -0.279. The molecular formula is C25H22O8. The van der Waals surface area contributed by atoms with Crippen molar-refractivity contribution in [2.24, 2.45) is 17.8 Å². The molecule has 8 nitrogen and oxygen atoms in total. The molecule has 170 valence electrons. The summed E-state index contributed by atoms with van der Waals surface area (Å²) < 4.78 is 28.2. The third kappa shape index (κ3) is 3.71. The lowest BCUT2D eigenvalue weighted by atomic mass is 9.76. The van der Waals surface area contributed by atoms with Crippen LogP contribution in [0.5, 0.6) is 0 Å². The number of hydrogen-bond donors (Lipinski definition) is 0. The maximum absolute atomic E-state index is 12.8. The van der Waals surface area contributed by atoms with Crippen molar-refractivity contribution in [2.75, 3.05) is 13.7 Å². The molecule has 3 aliphatic rings. The molecule has 0 aromatic heterocycles. The second-order valence-electron chi connectivity index (χ2n) is 8.18. The van der Waals surface area contributed by atoms with E-state index in [0.717, 1.165) is 0 Å². The van der Waals surface area contributed by atoms with Crippen molar-refractivity contribution in [3.8, 4) is 0 Å². The van der Waals surface area contributed by atoms with Gasteiger partial charge < -0.3 is 23.7 Å². The van der Waals surface area contributed by atoms with Crippen molar-refractivity contribution >= 4 is 17.9 Å². The highest BCUT2D eigenvalue weighted by Gasteiger charge is 2.65. The van der Waals surface area contributed by atoms with E-state index in [-0.39, 0.29) is 6.61 Å². The Hall–Kier alpha value is -3.49. The zero-order valence-corrected chi connectivity index (χ0v) is 17.8. The van der Waals surface area contributed by atoms with Gasteiger partial charge in [0.15, 0.2) is 11.9 Å². The van der Waals surface area contributed by atoms with Crippen LogP contribution in [0, 0.1) is 17.8 Å². The van der Waals surface area contributed by atoms with Gasteiger partial charge in [0.05, 0.1) is 30.8 Å². The third-order valence-corrected chi connectivity index (χ3v) is 6.32. The van der Waals surface area contributed by atoms with E-state index in [2.05, 4.69) is 0 Å². The van der Waals surface area contributed by atoms with Crippen molar-refractivity contribution < 1.29 is 38.1 Å². The highest BCUT2D eigenvalue weighted by atomic mass is 16.8. The predicted octanol–water partition coefficient (Wildman–Crippen LogP) is 2.74. The number of methoxy groups -OCH3 is 1. The van der Waals surface area contributed by atoms with Gasteiger partial charge in [-0.05, 0) is 30.3 Å². The van der Waals surface area contributed by atoms with Gasteiger partial charge in [0.25, 0.3) is 0 Å². The molecule has 33 heavy (non-hydrogen) atoms. The highest BCUT2D eigenvalue weighted by molar-refractivity contribution is 5.90. The summed E-state index contributed by atoms with van der Waals surface area (Å²) in [7, 11) is 1.26. The van der Waals surface area contributed by atoms with Crippen LogP contribution in [0.3, 0.4) is 0 Å². The van der Waals surface area contributed by atoms with Gasteiger partial charge in [-0.3, -0.25) is 4.79 Å². The number of rotatable bonds is 5. The summed E-state index contributed by atoms with van der Waals surface area (Å²) in [5, 5.41) is 0. The van der Waals surface area contributed by atoms with Crippen molar-refractivity contribution in [3.05, 3.63) is 83.9 Å². The zero-order valence-electron chi connectivity index (χ0n) is 17.8. The molecule has 2 heterocycles. The molecule has 0 radical (unpaired) electrons. The van der Waals surface area contributed by atoms with E-state index in [0.29, 0.717) is 11.1 Å². The molecule has 0 bridgehead atoms. The van der Waals surface area contributed by atoms with E-state index in [1.807, 2.05) is 6.07 Å². The SMILES string of the molecule is COC(=O)C1C(OC(=O)c2ccccc2)OC2OCC3(OC(=O)c4ccccc4)C=CC1C23. The van der Waals surface area contributed by atoms with E-state index in [1.165, 1.54) is 7.11 Å². The largest absolute Gasteiger partial charge is 0.469 e. The summed E-state index contributed by atoms with van der Waals surface area (Å²) in [5.41, 5.74) is -0.362. The number of allylic oxidation sites excluding steroid dienone is 1. The molecule has 2 aromatic rings. The number of carbonyl (C=O) groups is 3. The fourth-order valence-corrected chi connectivity index (χ4v) is 4.76. The smallest absolute Gasteiger partial charge is 0.340 e. The van der Waals surface area contributed by atoms with Crippen molar-refractivity contribution in [3.63, 3.8) is 0 Å². The van der Waals surface area contributed by atoms with Crippen LogP contribution in [0.2, 0.25) is 0 Å². The number of ether oxygens (including phenoxy) is 5. The molecule has 8 heteroatoms.